The number of furan rings is 2. The van der Waals surface area contributed by atoms with Gasteiger partial charge in [0, 0.05) is 5.56 Å². The van der Waals surface area contributed by atoms with E-state index < -0.39 is 5.97 Å². The first-order valence-electron chi connectivity index (χ1n) is 4.28. The van der Waals surface area contributed by atoms with E-state index in [4.69, 9.17) is 13.9 Å². The molecule has 0 aromatic carbocycles. The smallest absolute Gasteiger partial charge is 0.339 e. The van der Waals surface area contributed by atoms with E-state index in [0.29, 0.717) is 11.3 Å². The lowest BCUT2D eigenvalue weighted by molar-refractivity contribution is -0.130. The third-order valence-corrected chi connectivity index (χ3v) is 1.87. The quantitative estimate of drug-likeness (QED) is 0.780. The zero-order valence-electron chi connectivity index (χ0n) is 7.71. The number of hydrogen-bond acceptors (Lipinski definition) is 3. The molecule has 0 aliphatic heterocycles. The van der Waals surface area contributed by atoms with Gasteiger partial charge in [-0.3, -0.25) is 0 Å². The van der Waals surface area contributed by atoms with Crippen molar-refractivity contribution in [2.75, 3.05) is 0 Å². The Morgan fingerprint density at radius 2 is 2.20 bits per heavy atom. The molecule has 0 bridgehead atoms. The van der Waals surface area contributed by atoms with Crippen molar-refractivity contribution in [1.29, 1.82) is 0 Å². The zero-order valence-corrected chi connectivity index (χ0v) is 7.71. The van der Waals surface area contributed by atoms with Crippen molar-refractivity contribution in [2.24, 2.45) is 0 Å². The van der Waals surface area contributed by atoms with Crippen LogP contribution in [-0.2, 0) is 4.79 Å². The average Bonchev–Trinajstić information content (AvgIpc) is 2.87. The van der Waals surface area contributed by atoms with Gasteiger partial charge in [-0.25, -0.2) is 4.79 Å². The first kappa shape index (κ1) is 9.33. The summed E-state index contributed by atoms with van der Waals surface area (Å²) in [6.07, 6.45) is 5.87. The molecule has 0 atom stereocenters. The fraction of sp³-hybridized carbons (Fsp3) is 0. The van der Waals surface area contributed by atoms with Gasteiger partial charge in [-0.2, -0.15) is 0 Å². The first-order valence-corrected chi connectivity index (χ1v) is 4.28. The number of carboxylic acids is 1. The van der Waals surface area contributed by atoms with Crippen molar-refractivity contribution in [3.63, 3.8) is 0 Å². The average molecular weight is 204 g/mol. The molecule has 2 aromatic heterocycles. The van der Waals surface area contributed by atoms with Crippen LogP contribution in [0.25, 0.3) is 11.6 Å². The summed E-state index contributed by atoms with van der Waals surface area (Å²) in [5.41, 5.74) is 0.783. The Balaban J connectivity index is 2.41. The largest absolute Gasteiger partial charge is 0.478 e. The molecule has 0 saturated heterocycles. The Morgan fingerprint density at radius 1 is 1.33 bits per heavy atom. The zero-order chi connectivity index (χ0) is 10.7. The molecule has 76 valence electrons. The summed E-state index contributed by atoms with van der Waals surface area (Å²) in [7, 11) is 0. The molecule has 15 heavy (non-hydrogen) atoms. The first-order chi connectivity index (χ1) is 7.27. The van der Waals surface area contributed by atoms with Crippen LogP contribution in [0.4, 0.5) is 0 Å². The summed E-state index contributed by atoms with van der Waals surface area (Å²) >= 11 is 0. The summed E-state index contributed by atoms with van der Waals surface area (Å²) < 4.78 is 9.87. The standard InChI is InChI=1S/C11H8O4/c12-11(13)9(10-2-1-4-15-10)6-8-3-5-14-7-8/h1-7H,(H,12,13). The second-order valence-corrected chi connectivity index (χ2v) is 2.90. The lowest BCUT2D eigenvalue weighted by Gasteiger charge is -1.96. The van der Waals surface area contributed by atoms with Crippen molar-refractivity contribution in [1.82, 2.24) is 0 Å². The number of aliphatic carboxylic acids is 1. The van der Waals surface area contributed by atoms with Crippen LogP contribution in [0.5, 0.6) is 0 Å². The van der Waals surface area contributed by atoms with Gasteiger partial charge in [-0.05, 0) is 24.3 Å². The van der Waals surface area contributed by atoms with E-state index in [1.54, 1.807) is 18.2 Å². The molecule has 0 aliphatic rings. The minimum atomic E-state index is -1.04. The summed E-state index contributed by atoms with van der Waals surface area (Å²) in [6.45, 7) is 0. The minimum Gasteiger partial charge on any atom is -0.478 e. The topological polar surface area (TPSA) is 63.6 Å². The number of carboxylic acid groups (broad SMARTS) is 1. The maximum Gasteiger partial charge on any atom is 0.339 e. The molecular weight excluding hydrogens is 196 g/mol. The van der Waals surface area contributed by atoms with Gasteiger partial charge in [0.1, 0.15) is 11.3 Å². The van der Waals surface area contributed by atoms with Crippen LogP contribution in [-0.4, -0.2) is 11.1 Å². The third kappa shape index (κ3) is 1.99. The van der Waals surface area contributed by atoms with E-state index in [9.17, 15) is 4.79 Å². The summed E-state index contributed by atoms with van der Waals surface area (Å²) in [5.74, 6) is -0.713. The summed E-state index contributed by atoms with van der Waals surface area (Å²) in [5, 5.41) is 8.98. The van der Waals surface area contributed by atoms with E-state index in [2.05, 4.69) is 0 Å². The highest BCUT2D eigenvalue weighted by Gasteiger charge is 2.13. The molecule has 4 heteroatoms. The van der Waals surface area contributed by atoms with Crippen LogP contribution >= 0.6 is 0 Å². The van der Waals surface area contributed by atoms with Crippen molar-refractivity contribution < 1.29 is 18.7 Å². The molecule has 0 aliphatic carbocycles. The molecule has 4 nitrogen and oxygen atoms in total. The normalized spacial score (nSPS) is 11.6. The van der Waals surface area contributed by atoms with Crippen molar-refractivity contribution in [3.05, 3.63) is 48.3 Å². The lowest BCUT2D eigenvalue weighted by Crippen LogP contribution is -1.97. The van der Waals surface area contributed by atoms with Gasteiger partial charge >= 0.3 is 5.97 Å². The van der Waals surface area contributed by atoms with Gasteiger partial charge in [-0.1, -0.05) is 0 Å². The number of carbonyl (C=O) groups is 1. The Kier molecular flexibility index (Phi) is 2.41. The van der Waals surface area contributed by atoms with Crippen LogP contribution in [0, 0.1) is 0 Å². The maximum absolute atomic E-state index is 11.0. The van der Waals surface area contributed by atoms with Crippen molar-refractivity contribution in [2.45, 2.75) is 0 Å². The van der Waals surface area contributed by atoms with E-state index >= 15 is 0 Å². The molecule has 2 heterocycles. The molecular formula is C11H8O4. The van der Waals surface area contributed by atoms with E-state index in [1.807, 2.05) is 0 Å². The fourth-order valence-corrected chi connectivity index (χ4v) is 1.19. The maximum atomic E-state index is 11.0. The molecule has 0 unspecified atom stereocenters. The number of rotatable bonds is 3. The van der Waals surface area contributed by atoms with Gasteiger partial charge in [0.15, 0.2) is 0 Å². The Bertz CT molecular complexity index is 463. The summed E-state index contributed by atoms with van der Waals surface area (Å²) in [4.78, 5) is 11.0. The highest BCUT2D eigenvalue weighted by Crippen LogP contribution is 2.19. The highest BCUT2D eigenvalue weighted by atomic mass is 16.4. The highest BCUT2D eigenvalue weighted by molar-refractivity contribution is 6.19. The fourth-order valence-electron chi connectivity index (χ4n) is 1.19. The Hall–Kier alpha value is -2.23. The summed E-state index contributed by atoms with van der Waals surface area (Å²) in [6, 6.07) is 4.91. The van der Waals surface area contributed by atoms with Crippen LogP contribution in [0.15, 0.2) is 45.8 Å². The van der Waals surface area contributed by atoms with Crippen LogP contribution in [0.1, 0.15) is 11.3 Å². The third-order valence-electron chi connectivity index (χ3n) is 1.87. The van der Waals surface area contributed by atoms with Gasteiger partial charge < -0.3 is 13.9 Å². The van der Waals surface area contributed by atoms with E-state index in [-0.39, 0.29) is 5.57 Å². The van der Waals surface area contributed by atoms with Crippen LogP contribution in [0.2, 0.25) is 0 Å². The van der Waals surface area contributed by atoms with Crippen LogP contribution in [0.3, 0.4) is 0 Å². The SMILES string of the molecule is O=C(O)C(=Cc1ccoc1)c1ccco1. The van der Waals surface area contributed by atoms with Gasteiger partial charge in [0.05, 0.1) is 18.8 Å². The monoisotopic (exact) mass is 204 g/mol. The van der Waals surface area contributed by atoms with Crippen molar-refractivity contribution in [3.8, 4) is 0 Å². The molecule has 0 radical (unpaired) electrons. The van der Waals surface area contributed by atoms with E-state index in [0.717, 1.165) is 0 Å². The molecule has 0 fully saturated rings. The molecule has 0 spiro atoms. The second kappa shape index (κ2) is 3.88. The van der Waals surface area contributed by atoms with Gasteiger partial charge in [0.25, 0.3) is 0 Å². The van der Waals surface area contributed by atoms with E-state index in [1.165, 1.54) is 24.9 Å². The molecule has 2 aromatic rings. The predicted octanol–water partition coefficient (Wildman–Crippen LogP) is 2.50. The molecule has 2 rings (SSSR count). The predicted molar refractivity (Wildman–Crippen MR) is 52.9 cm³/mol. The second-order valence-electron chi connectivity index (χ2n) is 2.90. The van der Waals surface area contributed by atoms with Crippen LogP contribution < -0.4 is 0 Å². The molecule has 1 N–H and O–H groups in total. The Morgan fingerprint density at radius 3 is 2.73 bits per heavy atom. The minimum absolute atomic E-state index is 0.0985. The number of hydrogen-bond donors (Lipinski definition) is 1. The van der Waals surface area contributed by atoms with Crippen molar-refractivity contribution >= 4 is 17.6 Å². The van der Waals surface area contributed by atoms with Gasteiger partial charge in [-0.15, -0.1) is 0 Å². The molecule has 0 amide bonds. The Labute approximate surface area is 85.4 Å². The molecule has 0 saturated carbocycles. The van der Waals surface area contributed by atoms with Gasteiger partial charge in [0.2, 0.25) is 0 Å². The lowest BCUT2D eigenvalue weighted by atomic mass is 10.1.